The molecule has 240 valence electrons. The second kappa shape index (κ2) is 16.3. The van der Waals surface area contributed by atoms with Crippen LogP contribution in [0.1, 0.15) is 33.4 Å². The van der Waals surface area contributed by atoms with Crippen LogP contribution < -0.4 is 0 Å². The summed E-state index contributed by atoms with van der Waals surface area (Å²) in [4.78, 5) is 0. The van der Waals surface area contributed by atoms with Gasteiger partial charge in [-0.3, -0.25) is 12.5 Å². The molecule has 0 N–H and O–H groups in total. The fraction of sp³-hybridized carbons (Fsp3) is 0.200. The molecule has 0 spiro atoms. The minimum absolute atomic E-state index is 0.341. The van der Waals surface area contributed by atoms with Gasteiger partial charge in [-0.25, -0.2) is 0 Å². The lowest BCUT2D eigenvalue weighted by Crippen LogP contribution is -2.17. The molecule has 0 saturated carbocycles. The van der Waals surface area contributed by atoms with Crippen LogP contribution in [0.3, 0.4) is 0 Å². The van der Waals surface area contributed by atoms with Crippen molar-refractivity contribution in [3.63, 3.8) is 0 Å². The van der Waals surface area contributed by atoms with Crippen LogP contribution in [0.5, 0.6) is 0 Å². The highest BCUT2D eigenvalue weighted by molar-refractivity contribution is 14.1. The molecule has 9 nitrogen and oxygen atoms in total. The van der Waals surface area contributed by atoms with E-state index in [0.29, 0.717) is 44.1 Å². The van der Waals surface area contributed by atoms with Crippen LogP contribution in [0.2, 0.25) is 0 Å². The van der Waals surface area contributed by atoms with E-state index in [9.17, 15) is 25.3 Å². The first-order valence-corrected chi connectivity index (χ1v) is 21.1. The Bertz CT molecular complexity index is 1690. The zero-order valence-corrected chi connectivity index (χ0v) is 32.4. The SMILES string of the molecule is O=S(=O)(Cc1ccccc1)OCc1c(I)c(COS(=O)(=O)Cc2ccccc2)c(I)c(COS(=O)(=O)Cc2ccccc2)c1I. The van der Waals surface area contributed by atoms with Crippen molar-refractivity contribution in [3.8, 4) is 0 Å². The predicted octanol–water partition coefficient (Wildman–Crippen LogP) is 6.64. The lowest BCUT2D eigenvalue weighted by Gasteiger charge is -2.20. The minimum Gasteiger partial charge on any atom is -0.265 e. The lowest BCUT2D eigenvalue weighted by atomic mass is 10.1. The molecule has 4 rings (SSSR count). The number of rotatable bonds is 15. The second-order valence-corrected chi connectivity index (χ2v) is 17.9. The summed E-state index contributed by atoms with van der Waals surface area (Å²) in [5, 5.41) is 0. The van der Waals surface area contributed by atoms with E-state index in [0.717, 1.165) is 0 Å². The van der Waals surface area contributed by atoms with Crippen molar-refractivity contribution >= 4 is 98.1 Å². The maximum atomic E-state index is 12.9. The second-order valence-electron chi connectivity index (χ2n) is 9.73. The predicted molar refractivity (Wildman–Crippen MR) is 196 cm³/mol. The third-order valence-corrected chi connectivity index (χ3v) is 13.7. The number of halogens is 3. The van der Waals surface area contributed by atoms with Gasteiger partial charge in [0.25, 0.3) is 30.4 Å². The maximum Gasteiger partial charge on any atom is 0.271 e. The van der Waals surface area contributed by atoms with Crippen molar-refractivity contribution in [1.29, 1.82) is 0 Å². The summed E-state index contributed by atoms with van der Waals surface area (Å²) in [5.74, 6) is -1.02. The molecule has 0 unspecified atom stereocenters. The van der Waals surface area contributed by atoms with E-state index in [4.69, 9.17) is 12.5 Å². The molecule has 15 heteroatoms. The Labute approximate surface area is 304 Å². The molecule has 45 heavy (non-hydrogen) atoms. The highest BCUT2D eigenvalue weighted by atomic mass is 127. The molecule has 0 aliphatic carbocycles. The zero-order valence-electron chi connectivity index (χ0n) is 23.4. The topological polar surface area (TPSA) is 130 Å². The van der Waals surface area contributed by atoms with Gasteiger partial charge in [-0.1, -0.05) is 91.0 Å². The minimum atomic E-state index is -4.01. The normalized spacial score (nSPS) is 12.3. The molecule has 0 amide bonds. The fourth-order valence-electron chi connectivity index (χ4n) is 4.12. The Morgan fingerprint density at radius 1 is 0.400 bits per heavy atom. The molecule has 0 aliphatic rings. The highest BCUT2D eigenvalue weighted by Crippen LogP contribution is 2.35. The first-order valence-electron chi connectivity index (χ1n) is 13.2. The molecular formula is C30H27I3O9S3. The average Bonchev–Trinajstić information content (AvgIpc) is 2.97. The van der Waals surface area contributed by atoms with Crippen LogP contribution in [-0.4, -0.2) is 25.3 Å². The Balaban J connectivity index is 1.63. The first kappa shape index (κ1) is 36.6. The molecule has 0 aromatic heterocycles. The van der Waals surface area contributed by atoms with Gasteiger partial charge in [0.05, 0.1) is 19.8 Å². The molecule has 0 aliphatic heterocycles. The Morgan fingerprint density at radius 3 is 0.844 bits per heavy atom. The maximum absolute atomic E-state index is 12.9. The molecule has 0 atom stereocenters. The van der Waals surface area contributed by atoms with Crippen molar-refractivity contribution in [1.82, 2.24) is 0 Å². The number of hydrogen-bond donors (Lipinski definition) is 0. The number of hydrogen-bond acceptors (Lipinski definition) is 9. The largest absolute Gasteiger partial charge is 0.271 e. The summed E-state index contributed by atoms with van der Waals surface area (Å²) < 4.78 is 95.0. The summed E-state index contributed by atoms with van der Waals surface area (Å²) in [6.45, 7) is -1.09. The molecule has 4 aromatic carbocycles. The summed E-state index contributed by atoms with van der Waals surface area (Å²) in [7, 11) is -12.0. The quantitative estimate of drug-likeness (QED) is 0.0952. The van der Waals surface area contributed by atoms with Gasteiger partial charge >= 0.3 is 0 Å². The Hall–Kier alpha value is -1.20. The van der Waals surface area contributed by atoms with E-state index in [1.54, 1.807) is 91.0 Å². The molecule has 0 fully saturated rings. The van der Waals surface area contributed by atoms with Crippen LogP contribution in [-0.2, 0) is 80.0 Å². The third kappa shape index (κ3) is 11.2. The Morgan fingerprint density at radius 2 is 0.622 bits per heavy atom. The molecule has 0 saturated heterocycles. The van der Waals surface area contributed by atoms with Gasteiger partial charge in [-0.2, -0.15) is 25.3 Å². The van der Waals surface area contributed by atoms with E-state index in [1.807, 2.05) is 67.8 Å². The Kier molecular flexibility index (Phi) is 13.2. The van der Waals surface area contributed by atoms with Gasteiger partial charge in [0.2, 0.25) is 0 Å². The van der Waals surface area contributed by atoms with Crippen molar-refractivity contribution in [3.05, 3.63) is 135 Å². The zero-order chi connectivity index (χ0) is 32.7. The molecule has 0 bridgehead atoms. The van der Waals surface area contributed by atoms with E-state index in [-0.39, 0.29) is 37.1 Å². The number of benzene rings is 4. The average molecular weight is 1010 g/mol. The van der Waals surface area contributed by atoms with E-state index in [2.05, 4.69) is 0 Å². The van der Waals surface area contributed by atoms with Crippen LogP contribution in [0, 0.1) is 10.7 Å². The first-order chi connectivity index (χ1) is 21.3. The van der Waals surface area contributed by atoms with E-state index < -0.39 is 30.4 Å². The van der Waals surface area contributed by atoms with Crippen molar-refractivity contribution in [2.75, 3.05) is 0 Å². The van der Waals surface area contributed by atoms with E-state index >= 15 is 0 Å². The van der Waals surface area contributed by atoms with Crippen LogP contribution >= 0.6 is 67.8 Å². The highest BCUT2D eigenvalue weighted by Gasteiger charge is 2.26. The van der Waals surface area contributed by atoms with Gasteiger partial charge in [0, 0.05) is 27.4 Å². The monoisotopic (exact) mass is 1010 g/mol. The lowest BCUT2D eigenvalue weighted by molar-refractivity contribution is 0.293. The standard InChI is InChI=1S/C30H27I3O9S3/c31-28-25(16-40-43(34,35)19-22-10-4-1-5-11-22)29(32)27(18-42-45(38,39)21-24-14-8-3-9-15-24)30(33)26(28)17-41-44(36,37)20-23-12-6-2-7-13-23/h1-15H,16-21H2. The van der Waals surface area contributed by atoms with Crippen LogP contribution in [0.25, 0.3) is 0 Å². The van der Waals surface area contributed by atoms with Gasteiger partial charge in [0.1, 0.15) is 17.3 Å². The fourth-order valence-corrected chi connectivity index (χ4v) is 11.2. The molecule has 0 heterocycles. The van der Waals surface area contributed by atoms with E-state index in [1.165, 1.54) is 0 Å². The third-order valence-electron chi connectivity index (χ3n) is 6.30. The van der Waals surface area contributed by atoms with Crippen molar-refractivity contribution in [2.45, 2.75) is 37.1 Å². The summed E-state index contributed by atoms with van der Waals surface area (Å²) >= 11 is 6.00. The summed E-state index contributed by atoms with van der Waals surface area (Å²) in [6, 6.07) is 25.8. The van der Waals surface area contributed by atoms with Crippen molar-refractivity contribution in [2.24, 2.45) is 0 Å². The van der Waals surface area contributed by atoms with Gasteiger partial charge in [-0.05, 0) is 84.5 Å². The van der Waals surface area contributed by atoms with Crippen LogP contribution in [0.15, 0.2) is 91.0 Å². The van der Waals surface area contributed by atoms with Crippen LogP contribution in [0.4, 0.5) is 0 Å². The van der Waals surface area contributed by atoms with Crippen molar-refractivity contribution < 1.29 is 37.8 Å². The molecular weight excluding hydrogens is 981 g/mol. The van der Waals surface area contributed by atoms with Gasteiger partial charge in [-0.15, -0.1) is 0 Å². The molecule has 4 aromatic rings. The summed E-state index contributed by atoms with van der Waals surface area (Å²) in [6.07, 6.45) is 0. The molecule has 0 radical (unpaired) electrons. The summed E-state index contributed by atoms with van der Waals surface area (Å²) in [5.41, 5.74) is 2.98. The van der Waals surface area contributed by atoms with Gasteiger partial charge < -0.3 is 0 Å². The van der Waals surface area contributed by atoms with Gasteiger partial charge in [0.15, 0.2) is 0 Å². The smallest absolute Gasteiger partial charge is 0.265 e.